The number of carbonyl (C=O) groups is 1. The summed E-state index contributed by atoms with van der Waals surface area (Å²) in [6.45, 7) is 3.84. The third-order valence-electron chi connectivity index (χ3n) is 4.72. The topological polar surface area (TPSA) is 75.3 Å². The molecule has 8 heteroatoms. The Balaban J connectivity index is 1.92. The predicted octanol–water partition coefficient (Wildman–Crippen LogP) is 5.14. The maximum absolute atomic E-state index is 13.1. The van der Waals surface area contributed by atoms with E-state index in [9.17, 15) is 13.2 Å². The van der Waals surface area contributed by atoms with Gasteiger partial charge in [-0.1, -0.05) is 71.2 Å². The second-order valence-corrected chi connectivity index (χ2v) is 9.77. The van der Waals surface area contributed by atoms with Crippen LogP contribution in [0, 0.1) is 13.8 Å². The molecule has 0 fully saturated rings. The quantitative estimate of drug-likeness (QED) is 0.495. The van der Waals surface area contributed by atoms with Gasteiger partial charge in [0.1, 0.15) is 10.9 Å². The number of rotatable bonds is 7. The molecule has 0 aliphatic carbocycles. The number of carbonyl (C=O) groups excluding carboxylic acids is 1. The van der Waals surface area contributed by atoms with E-state index >= 15 is 0 Å². The summed E-state index contributed by atoms with van der Waals surface area (Å²) in [5.74, 6) is -0.475. The van der Waals surface area contributed by atoms with Crippen LogP contribution in [-0.2, 0) is 21.2 Å². The lowest BCUT2D eigenvalue weighted by Crippen LogP contribution is -2.45. The zero-order valence-electron chi connectivity index (χ0n) is 17.0. The lowest BCUT2D eigenvalue weighted by molar-refractivity contribution is -0.117. The summed E-state index contributed by atoms with van der Waals surface area (Å²) < 4.78 is 28.6. The van der Waals surface area contributed by atoms with E-state index in [2.05, 4.69) is 10.0 Å². The Bertz CT molecular complexity index is 1200. The number of amides is 1. The van der Waals surface area contributed by atoms with Crippen LogP contribution >= 0.6 is 23.2 Å². The van der Waals surface area contributed by atoms with Crippen LogP contribution in [0.25, 0.3) is 0 Å². The summed E-state index contributed by atoms with van der Waals surface area (Å²) in [7, 11) is -4.11. The average Bonchev–Trinajstić information content (AvgIpc) is 2.72. The highest BCUT2D eigenvalue weighted by molar-refractivity contribution is 7.89. The van der Waals surface area contributed by atoms with Gasteiger partial charge in [-0.2, -0.15) is 4.72 Å². The van der Waals surface area contributed by atoms with Gasteiger partial charge in [0.25, 0.3) is 0 Å². The van der Waals surface area contributed by atoms with Crippen molar-refractivity contribution in [3.05, 3.63) is 93.5 Å². The van der Waals surface area contributed by atoms with Gasteiger partial charge in [0.2, 0.25) is 15.9 Å². The summed E-state index contributed by atoms with van der Waals surface area (Å²) in [5, 5.41) is 3.08. The zero-order chi connectivity index (χ0) is 22.6. The number of benzene rings is 3. The smallest absolute Gasteiger partial charge is 0.242 e. The lowest BCUT2D eigenvalue weighted by Gasteiger charge is -2.20. The van der Waals surface area contributed by atoms with Crippen LogP contribution < -0.4 is 10.0 Å². The monoisotopic (exact) mass is 476 g/mol. The van der Waals surface area contributed by atoms with Crippen molar-refractivity contribution in [1.82, 2.24) is 4.72 Å². The van der Waals surface area contributed by atoms with E-state index in [1.807, 2.05) is 56.3 Å². The number of hydrogen-bond donors (Lipinski definition) is 2. The Morgan fingerprint density at radius 2 is 1.68 bits per heavy atom. The molecule has 0 aromatic heterocycles. The molecule has 0 bridgehead atoms. The second-order valence-electron chi connectivity index (χ2n) is 7.25. The van der Waals surface area contributed by atoms with E-state index in [1.165, 1.54) is 18.2 Å². The molecule has 2 N–H and O–H groups in total. The minimum atomic E-state index is -4.11. The summed E-state index contributed by atoms with van der Waals surface area (Å²) in [5.41, 5.74) is 3.37. The first-order valence-electron chi connectivity index (χ1n) is 9.55. The molecule has 3 aromatic carbocycles. The van der Waals surface area contributed by atoms with Crippen LogP contribution in [0.1, 0.15) is 16.7 Å². The van der Waals surface area contributed by atoms with Gasteiger partial charge < -0.3 is 5.32 Å². The van der Waals surface area contributed by atoms with Crippen LogP contribution in [-0.4, -0.2) is 20.4 Å². The van der Waals surface area contributed by atoms with E-state index < -0.39 is 22.0 Å². The molecule has 3 aromatic rings. The molecule has 0 aliphatic heterocycles. The Kier molecular flexibility index (Phi) is 7.38. The van der Waals surface area contributed by atoms with Crippen molar-refractivity contribution in [3.63, 3.8) is 0 Å². The molecule has 0 radical (unpaired) electrons. The van der Waals surface area contributed by atoms with Crippen LogP contribution in [0.4, 0.5) is 5.69 Å². The number of aryl methyl sites for hydroxylation is 2. The molecule has 0 unspecified atom stereocenters. The molecule has 0 saturated heterocycles. The van der Waals surface area contributed by atoms with Gasteiger partial charge >= 0.3 is 0 Å². The SMILES string of the molecule is Cc1ccc(NC(=O)[C@H](Cc2ccccc2)NS(=O)(=O)c2cc(Cl)ccc2Cl)c(C)c1. The number of nitrogens with one attached hydrogen (secondary N) is 2. The molecule has 1 atom stereocenters. The highest BCUT2D eigenvalue weighted by Gasteiger charge is 2.28. The van der Waals surface area contributed by atoms with E-state index in [0.29, 0.717) is 5.69 Å². The summed E-state index contributed by atoms with van der Waals surface area (Å²) in [6, 6.07) is 17.9. The van der Waals surface area contributed by atoms with Gasteiger partial charge in [0, 0.05) is 10.7 Å². The second kappa shape index (κ2) is 9.83. The van der Waals surface area contributed by atoms with Gasteiger partial charge in [0.15, 0.2) is 0 Å². The van der Waals surface area contributed by atoms with Crippen LogP contribution in [0.2, 0.25) is 10.0 Å². The van der Waals surface area contributed by atoms with Crippen LogP contribution in [0.3, 0.4) is 0 Å². The molecule has 162 valence electrons. The van der Waals surface area contributed by atoms with Crippen molar-refractivity contribution in [1.29, 1.82) is 0 Å². The first-order chi connectivity index (χ1) is 14.7. The van der Waals surface area contributed by atoms with Gasteiger partial charge in [-0.15, -0.1) is 0 Å². The van der Waals surface area contributed by atoms with Gasteiger partial charge in [0.05, 0.1) is 5.02 Å². The lowest BCUT2D eigenvalue weighted by atomic mass is 10.1. The fraction of sp³-hybridized carbons (Fsp3) is 0.174. The highest BCUT2D eigenvalue weighted by atomic mass is 35.5. The van der Waals surface area contributed by atoms with Crippen molar-refractivity contribution in [2.75, 3.05) is 5.32 Å². The number of anilines is 1. The Morgan fingerprint density at radius 1 is 0.968 bits per heavy atom. The van der Waals surface area contributed by atoms with Gasteiger partial charge in [-0.25, -0.2) is 8.42 Å². The van der Waals surface area contributed by atoms with Gasteiger partial charge in [-0.05, 0) is 55.7 Å². The molecule has 0 aliphatic rings. The van der Waals surface area contributed by atoms with E-state index in [-0.39, 0.29) is 21.4 Å². The number of sulfonamides is 1. The Hall–Kier alpha value is -2.38. The molecule has 5 nitrogen and oxygen atoms in total. The summed E-state index contributed by atoms with van der Waals surface area (Å²) in [6.07, 6.45) is 0.162. The van der Waals surface area contributed by atoms with Crippen LogP contribution in [0.5, 0.6) is 0 Å². The highest BCUT2D eigenvalue weighted by Crippen LogP contribution is 2.25. The molecule has 1 amide bonds. The normalized spacial score (nSPS) is 12.4. The predicted molar refractivity (Wildman–Crippen MR) is 125 cm³/mol. The van der Waals surface area contributed by atoms with E-state index in [0.717, 1.165) is 16.7 Å². The fourth-order valence-electron chi connectivity index (χ4n) is 3.15. The number of halogens is 2. The minimum Gasteiger partial charge on any atom is -0.324 e. The minimum absolute atomic E-state index is 0.0187. The van der Waals surface area contributed by atoms with Crippen molar-refractivity contribution in [2.24, 2.45) is 0 Å². The maximum atomic E-state index is 13.1. The molecule has 3 rings (SSSR count). The Morgan fingerprint density at radius 3 is 2.35 bits per heavy atom. The first kappa shape index (κ1) is 23.3. The Labute approximate surface area is 192 Å². The average molecular weight is 477 g/mol. The van der Waals surface area contributed by atoms with Gasteiger partial charge in [-0.3, -0.25) is 4.79 Å². The fourth-order valence-corrected chi connectivity index (χ4v) is 5.10. The van der Waals surface area contributed by atoms with E-state index in [1.54, 1.807) is 6.07 Å². The first-order valence-corrected chi connectivity index (χ1v) is 11.8. The molecular weight excluding hydrogens is 455 g/mol. The third kappa shape index (κ3) is 6.08. The zero-order valence-corrected chi connectivity index (χ0v) is 19.4. The molecule has 0 saturated carbocycles. The van der Waals surface area contributed by atoms with Crippen molar-refractivity contribution >= 4 is 44.8 Å². The van der Waals surface area contributed by atoms with Crippen molar-refractivity contribution in [3.8, 4) is 0 Å². The molecule has 0 heterocycles. The molecular formula is C23H22Cl2N2O3S. The van der Waals surface area contributed by atoms with Crippen molar-refractivity contribution < 1.29 is 13.2 Å². The van der Waals surface area contributed by atoms with E-state index in [4.69, 9.17) is 23.2 Å². The van der Waals surface area contributed by atoms with Crippen LogP contribution in [0.15, 0.2) is 71.6 Å². The molecule has 0 spiro atoms. The maximum Gasteiger partial charge on any atom is 0.242 e. The number of hydrogen-bond acceptors (Lipinski definition) is 3. The largest absolute Gasteiger partial charge is 0.324 e. The standard InChI is InChI=1S/C23H22Cl2N2O3S/c1-15-8-11-20(16(2)12-15)26-23(28)21(13-17-6-4-3-5-7-17)27-31(29,30)22-14-18(24)9-10-19(22)25/h3-12,14,21,27H,13H2,1-2H3,(H,26,28)/t21-/m0/s1. The third-order valence-corrected chi connectivity index (χ3v) is 6.91. The summed E-state index contributed by atoms with van der Waals surface area (Å²) >= 11 is 12.1. The molecule has 31 heavy (non-hydrogen) atoms. The summed E-state index contributed by atoms with van der Waals surface area (Å²) in [4.78, 5) is 12.9. The van der Waals surface area contributed by atoms with Crippen molar-refractivity contribution in [2.45, 2.75) is 31.2 Å².